The molecule has 1 aromatic carbocycles. The summed E-state index contributed by atoms with van der Waals surface area (Å²) in [6.07, 6.45) is 0. The molecule has 1 aliphatic heterocycles. The van der Waals surface area contributed by atoms with Gasteiger partial charge in [0, 0.05) is 43.3 Å². The molecule has 0 unspecified atom stereocenters. The zero-order valence-electron chi connectivity index (χ0n) is 17.8. The Kier molecular flexibility index (Phi) is 6.15. The molecule has 0 saturated carbocycles. The lowest BCUT2D eigenvalue weighted by Gasteiger charge is -2.23. The fraction of sp³-hybridized carbons (Fsp3) is 0.455. The third kappa shape index (κ3) is 4.09. The topological polar surface area (TPSA) is 64.0 Å². The van der Waals surface area contributed by atoms with Crippen LogP contribution in [0.15, 0.2) is 24.3 Å². The summed E-state index contributed by atoms with van der Waals surface area (Å²) in [7, 11) is 1.67. The van der Waals surface area contributed by atoms with Crippen LogP contribution in [0.5, 0.6) is 11.5 Å². The smallest absolute Gasteiger partial charge is 0.255 e. The number of hydrogen-bond acceptors (Lipinski definition) is 4. The molecule has 0 saturated heterocycles. The van der Waals surface area contributed by atoms with E-state index in [0.717, 1.165) is 22.8 Å². The lowest BCUT2D eigenvalue weighted by atomic mass is 10.2. The number of carbonyl (C=O) groups is 2. The summed E-state index contributed by atoms with van der Waals surface area (Å²) in [5.41, 5.74) is 3.26. The number of fused-ring (bicyclic) bond motifs is 1. The first-order chi connectivity index (χ1) is 13.9. The molecule has 1 aromatic heterocycles. The van der Waals surface area contributed by atoms with Crippen molar-refractivity contribution in [3.05, 3.63) is 41.2 Å². The van der Waals surface area contributed by atoms with Crippen molar-refractivity contribution in [2.24, 2.45) is 0 Å². The van der Waals surface area contributed by atoms with Crippen LogP contribution >= 0.6 is 0 Å². The van der Waals surface area contributed by atoms with Crippen LogP contribution in [0.2, 0.25) is 0 Å². The van der Waals surface area contributed by atoms with Crippen molar-refractivity contribution in [2.45, 2.75) is 27.7 Å². The Morgan fingerprint density at radius 2 is 1.69 bits per heavy atom. The maximum absolute atomic E-state index is 13.0. The van der Waals surface area contributed by atoms with Crippen LogP contribution in [-0.2, 0) is 4.79 Å². The highest BCUT2D eigenvalue weighted by Crippen LogP contribution is 2.33. The standard InChI is InChI=1S/C22H29N3O4/c1-6-24(7-2)21(26)14-23(5)22(27)18-12-15(3)25(16(18)4)17-8-9-19-20(13-17)29-11-10-28-19/h8-9,12-13H,6-7,10-11,14H2,1-5H3. The van der Waals surface area contributed by atoms with E-state index in [9.17, 15) is 9.59 Å². The minimum absolute atomic E-state index is 0.0495. The van der Waals surface area contributed by atoms with Crippen LogP contribution in [0.1, 0.15) is 35.6 Å². The van der Waals surface area contributed by atoms with Gasteiger partial charge in [0.1, 0.15) is 13.2 Å². The number of aryl methyl sites for hydroxylation is 1. The monoisotopic (exact) mass is 399 g/mol. The molecule has 0 radical (unpaired) electrons. The third-order valence-electron chi connectivity index (χ3n) is 5.28. The van der Waals surface area contributed by atoms with Crippen molar-refractivity contribution in [2.75, 3.05) is 39.9 Å². The molecule has 3 rings (SSSR count). The van der Waals surface area contributed by atoms with Crippen LogP contribution < -0.4 is 9.47 Å². The number of amides is 2. The van der Waals surface area contributed by atoms with E-state index < -0.39 is 0 Å². The van der Waals surface area contributed by atoms with Crippen molar-refractivity contribution in [3.63, 3.8) is 0 Å². The molecular weight excluding hydrogens is 370 g/mol. The average molecular weight is 399 g/mol. The maximum atomic E-state index is 13.0. The molecule has 7 heteroatoms. The highest BCUT2D eigenvalue weighted by atomic mass is 16.6. The van der Waals surface area contributed by atoms with Crippen molar-refractivity contribution in [3.8, 4) is 17.2 Å². The SMILES string of the molecule is CCN(CC)C(=O)CN(C)C(=O)c1cc(C)n(-c2ccc3c(c2)OCCO3)c1C. The minimum atomic E-state index is -0.164. The number of nitrogens with zero attached hydrogens (tertiary/aromatic N) is 3. The van der Waals surface area contributed by atoms with Crippen molar-refractivity contribution in [1.82, 2.24) is 14.4 Å². The van der Waals surface area contributed by atoms with E-state index in [1.807, 2.05) is 56.5 Å². The first-order valence-corrected chi connectivity index (χ1v) is 9.99. The Labute approximate surface area is 171 Å². The minimum Gasteiger partial charge on any atom is -0.486 e. The highest BCUT2D eigenvalue weighted by molar-refractivity contribution is 5.97. The van der Waals surface area contributed by atoms with E-state index in [4.69, 9.17) is 9.47 Å². The first kappa shape index (κ1) is 20.8. The van der Waals surface area contributed by atoms with E-state index >= 15 is 0 Å². The predicted molar refractivity (Wildman–Crippen MR) is 111 cm³/mol. The molecule has 0 aliphatic carbocycles. The molecule has 1 aliphatic rings. The lowest BCUT2D eigenvalue weighted by Crippen LogP contribution is -2.41. The normalized spacial score (nSPS) is 12.6. The van der Waals surface area contributed by atoms with Crippen LogP contribution in [0.3, 0.4) is 0 Å². The van der Waals surface area contributed by atoms with Gasteiger partial charge in [0.2, 0.25) is 5.91 Å². The molecule has 2 heterocycles. The van der Waals surface area contributed by atoms with E-state index in [0.29, 0.717) is 37.6 Å². The van der Waals surface area contributed by atoms with E-state index in [1.165, 1.54) is 4.90 Å². The number of benzene rings is 1. The molecule has 7 nitrogen and oxygen atoms in total. The average Bonchev–Trinajstić information content (AvgIpc) is 3.01. The second-order valence-corrected chi connectivity index (χ2v) is 7.18. The highest BCUT2D eigenvalue weighted by Gasteiger charge is 2.23. The number of rotatable bonds is 6. The fourth-order valence-electron chi connectivity index (χ4n) is 3.70. The molecule has 2 amide bonds. The number of hydrogen-bond donors (Lipinski definition) is 0. The number of carbonyl (C=O) groups excluding carboxylic acids is 2. The van der Waals surface area contributed by atoms with E-state index in [2.05, 4.69) is 0 Å². The molecular formula is C22H29N3O4. The molecule has 0 atom stereocenters. The molecule has 156 valence electrons. The van der Waals surface area contributed by atoms with Gasteiger partial charge in [0.05, 0.1) is 12.1 Å². The maximum Gasteiger partial charge on any atom is 0.255 e. The summed E-state index contributed by atoms with van der Waals surface area (Å²) in [4.78, 5) is 28.6. The summed E-state index contributed by atoms with van der Waals surface area (Å²) in [5.74, 6) is 1.22. The Hall–Kier alpha value is -2.96. The number of ether oxygens (including phenoxy) is 2. The van der Waals surface area contributed by atoms with Gasteiger partial charge in [-0.05, 0) is 45.9 Å². The second-order valence-electron chi connectivity index (χ2n) is 7.18. The molecule has 0 N–H and O–H groups in total. The molecule has 0 spiro atoms. The van der Waals surface area contributed by atoms with E-state index in [-0.39, 0.29) is 18.4 Å². The van der Waals surface area contributed by atoms with Crippen LogP contribution in [0, 0.1) is 13.8 Å². The molecule has 0 fully saturated rings. The van der Waals surface area contributed by atoms with Gasteiger partial charge in [-0.3, -0.25) is 9.59 Å². The zero-order chi connectivity index (χ0) is 21.1. The van der Waals surface area contributed by atoms with Crippen molar-refractivity contribution in [1.29, 1.82) is 0 Å². The van der Waals surface area contributed by atoms with Crippen molar-refractivity contribution < 1.29 is 19.1 Å². The van der Waals surface area contributed by atoms with Gasteiger partial charge in [0.25, 0.3) is 5.91 Å². The summed E-state index contributed by atoms with van der Waals surface area (Å²) in [6, 6.07) is 7.64. The summed E-state index contributed by atoms with van der Waals surface area (Å²) in [5, 5.41) is 0. The largest absolute Gasteiger partial charge is 0.486 e. The van der Waals surface area contributed by atoms with Gasteiger partial charge in [-0.25, -0.2) is 0 Å². The molecule has 0 bridgehead atoms. The van der Waals surface area contributed by atoms with Gasteiger partial charge >= 0.3 is 0 Å². The van der Waals surface area contributed by atoms with Crippen LogP contribution in [0.25, 0.3) is 5.69 Å². The fourth-order valence-corrected chi connectivity index (χ4v) is 3.70. The Morgan fingerprint density at radius 3 is 2.34 bits per heavy atom. The number of likely N-dealkylation sites (N-methyl/N-ethyl adjacent to an activating group) is 2. The van der Waals surface area contributed by atoms with Gasteiger partial charge in [0.15, 0.2) is 11.5 Å². The quantitative estimate of drug-likeness (QED) is 0.749. The first-order valence-electron chi connectivity index (χ1n) is 9.99. The Balaban J connectivity index is 1.85. The molecule has 29 heavy (non-hydrogen) atoms. The Morgan fingerprint density at radius 1 is 1.03 bits per heavy atom. The Bertz CT molecular complexity index is 915. The predicted octanol–water partition coefficient (Wildman–Crippen LogP) is 2.81. The molecule has 2 aromatic rings. The van der Waals surface area contributed by atoms with Crippen LogP contribution in [0.4, 0.5) is 0 Å². The third-order valence-corrected chi connectivity index (χ3v) is 5.28. The van der Waals surface area contributed by atoms with Crippen molar-refractivity contribution >= 4 is 11.8 Å². The summed E-state index contributed by atoms with van der Waals surface area (Å²) >= 11 is 0. The van der Waals surface area contributed by atoms with Crippen LogP contribution in [-0.4, -0.2) is 66.1 Å². The van der Waals surface area contributed by atoms with Gasteiger partial charge in [-0.2, -0.15) is 0 Å². The second kappa shape index (κ2) is 8.59. The van der Waals surface area contributed by atoms with Gasteiger partial charge < -0.3 is 23.8 Å². The number of aromatic nitrogens is 1. The van der Waals surface area contributed by atoms with Gasteiger partial charge in [-0.1, -0.05) is 0 Å². The summed E-state index contributed by atoms with van der Waals surface area (Å²) in [6.45, 7) is 10.1. The van der Waals surface area contributed by atoms with Gasteiger partial charge in [-0.15, -0.1) is 0 Å². The zero-order valence-corrected chi connectivity index (χ0v) is 17.8. The van der Waals surface area contributed by atoms with E-state index in [1.54, 1.807) is 11.9 Å². The lowest BCUT2D eigenvalue weighted by molar-refractivity contribution is -0.131. The summed E-state index contributed by atoms with van der Waals surface area (Å²) < 4.78 is 13.3.